The number of fused-ring (bicyclic) bond motifs is 7. The zero-order chi connectivity index (χ0) is 24.4. The second kappa shape index (κ2) is 7.10. The lowest BCUT2D eigenvalue weighted by Crippen LogP contribution is -2.68. The third kappa shape index (κ3) is 2.74. The molecule has 0 heterocycles. The first-order valence-electron chi connectivity index (χ1n) is 13.9. The van der Waals surface area contributed by atoms with Gasteiger partial charge in [0.25, 0.3) is 0 Å². The molecule has 0 bridgehead atoms. The van der Waals surface area contributed by atoms with Gasteiger partial charge in [0.2, 0.25) is 0 Å². The van der Waals surface area contributed by atoms with Gasteiger partial charge in [-0.2, -0.15) is 0 Å². The molecule has 0 amide bonds. The summed E-state index contributed by atoms with van der Waals surface area (Å²) in [6.45, 7) is 19.0. The zero-order valence-corrected chi connectivity index (χ0v) is 22.5. The number of aliphatic hydroxyl groups is 3. The summed E-state index contributed by atoms with van der Waals surface area (Å²) in [6, 6.07) is 0. The summed E-state index contributed by atoms with van der Waals surface area (Å²) in [7, 11) is 0. The van der Waals surface area contributed by atoms with E-state index >= 15 is 0 Å². The van der Waals surface area contributed by atoms with Crippen molar-refractivity contribution in [3.63, 3.8) is 0 Å². The number of allylic oxidation sites excluding steroid dienone is 2. The third-order valence-corrected chi connectivity index (χ3v) is 13.6. The van der Waals surface area contributed by atoms with Crippen molar-refractivity contribution in [3.8, 4) is 0 Å². The van der Waals surface area contributed by atoms with Gasteiger partial charge in [-0.05, 0) is 96.2 Å². The molecule has 12 atom stereocenters. The molecule has 4 fully saturated rings. The first kappa shape index (κ1) is 24.3. The highest BCUT2D eigenvalue weighted by atomic mass is 16.3. The molecule has 0 spiro atoms. The van der Waals surface area contributed by atoms with E-state index < -0.39 is 17.6 Å². The monoisotopic (exact) mass is 458 g/mol. The maximum Gasteiger partial charge on any atom is 0.0632 e. The maximum atomic E-state index is 11.7. The van der Waals surface area contributed by atoms with Crippen molar-refractivity contribution in [1.82, 2.24) is 0 Å². The Labute approximate surface area is 202 Å². The van der Waals surface area contributed by atoms with E-state index in [2.05, 4.69) is 61.5 Å². The minimum Gasteiger partial charge on any atom is -0.393 e. The SMILES string of the molecule is C[C@H]1[C@H](C)C[C@H](O)[C@]2(C)[C@H](O)C[C@]3(C)C(=CC[C@@H]4[C@@]5(C)CC[C@H](O)C(C)(C)[C@H]5CC[C@]43C)[C@H]12. The summed E-state index contributed by atoms with van der Waals surface area (Å²) < 4.78 is 0. The molecule has 0 aliphatic heterocycles. The minimum absolute atomic E-state index is 0.0404. The average Bonchev–Trinajstić information content (AvgIpc) is 2.71. The first-order chi connectivity index (χ1) is 15.2. The molecule has 5 rings (SSSR count). The topological polar surface area (TPSA) is 60.7 Å². The van der Waals surface area contributed by atoms with Gasteiger partial charge in [-0.3, -0.25) is 0 Å². The van der Waals surface area contributed by atoms with Crippen molar-refractivity contribution in [2.45, 2.75) is 119 Å². The lowest BCUT2D eigenvalue weighted by atomic mass is 9.33. The van der Waals surface area contributed by atoms with Crippen LogP contribution >= 0.6 is 0 Å². The Morgan fingerprint density at radius 3 is 2.15 bits per heavy atom. The maximum absolute atomic E-state index is 11.7. The van der Waals surface area contributed by atoms with E-state index in [0.29, 0.717) is 23.7 Å². The van der Waals surface area contributed by atoms with E-state index in [-0.39, 0.29) is 33.7 Å². The van der Waals surface area contributed by atoms with Crippen LogP contribution in [-0.4, -0.2) is 33.6 Å². The van der Waals surface area contributed by atoms with Crippen LogP contribution in [-0.2, 0) is 0 Å². The molecule has 3 nitrogen and oxygen atoms in total. The second-order valence-electron chi connectivity index (χ2n) is 14.8. The number of aliphatic hydroxyl groups excluding tert-OH is 3. The zero-order valence-electron chi connectivity index (χ0n) is 22.5. The van der Waals surface area contributed by atoms with Crippen LogP contribution in [0.25, 0.3) is 0 Å². The van der Waals surface area contributed by atoms with Crippen molar-refractivity contribution in [2.75, 3.05) is 0 Å². The number of rotatable bonds is 0. The number of hydrogen-bond acceptors (Lipinski definition) is 3. The third-order valence-electron chi connectivity index (χ3n) is 13.6. The van der Waals surface area contributed by atoms with Crippen LogP contribution in [0.15, 0.2) is 11.6 Å². The molecule has 33 heavy (non-hydrogen) atoms. The highest BCUT2D eigenvalue weighted by Crippen LogP contribution is 2.75. The van der Waals surface area contributed by atoms with Gasteiger partial charge in [-0.15, -0.1) is 0 Å². The second-order valence-corrected chi connectivity index (χ2v) is 14.8. The van der Waals surface area contributed by atoms with Crippen molar-refractivity contribution < 1.29 is 15.3 Å². The van der Waals surface area contributed by atoms with E-state index in [1.165, 1.54) is 12.8 Å². The normalized spacial score (nSPS) is 60.0. The van der Waals surface area contributed by atoms with Crippen LogP contribution in [0.5, 0.6) is 0 Å². The first-order valence-corrected chi connectivity index (χ1v) is 13.9. The molecule has 0 aromatic carbocycles. The van der Waals surface area contributed by atoms with E-state index in [1.54, 1.807) is 5.57 Å². The molecule has 0 unspecified atom stereocenters. The standard InChI is InChI=1S/C30H50O3/c1-17-15-23(32)30(8)24(33)16-29(7)19(25(30)18(17)2)9-10-21-27(5)13-12-22(31)26(3,4)20(27)11-14-28(21,29)6/h9,17-18,20-25,31-33H,10-16H2,1-8H3/t17-,18+,20-,21-,22+,23+,24-,25+,27+,28-,29-,30-/m1/s1. The van der Waals surface area contributed by atoms with Crippen LogP contribution in [0, 0.1) is 56.7 Å². The largest absolute Gasteiger partial charge is 0.393 e. The highest BCUT2D eigenvalue weighted by Gasteiger charge is 2.70. The van der Waals surface area contributed by atoms with Crippen molar-refractivity contribution in [1.29, 1.82) is 0 Å². The fraction of sp³-hybridized carbons (Fsp3) is 0.933. The van der Waals surface area contributed by atoms with Gasteiger partial charge in [-0.25, -0.2) is 0 Å². The molecule has 0 aromatic rings. The molecule has 5 aliphatic carbocycles. The van der Waals surface area contributed by atoms with Gasteiger partial charge in [0, 0.05) is 5.41 Å². The smallest absolute Gasteiger partial charge is 0.0632 e. The number of hydrogen-bond donors (Lipinski definition) is 3. The molecule has 4 saturated carbocycles. The van der Waals surface area contributed by atoms with Crippen LogP contribution in [0.4, 0.5) is 0 Å². The van der Waals surface area contributed by atoms with Gasteiger partial charge in [0.15, 0.2) is 0 Å². The highest BCUT2D eigenvalue weighted by molar-refractivity contribution is 5.35. The Morgan fingerprint density at radius 1 is 0.818 bits per heavy atom. The van der Waals surface area contributed by atoms with Crippen molar-refractivity contribution in [3.05, 3.63) is 11.6 Å². The molecule has 0 saturated heterocycles. The lowest BCUT2D eigenvalue weighted by Gasteiger charge is -2.72. The summed E-state index contributed by atoms with van der Waals surface area (Å²) >= 11 is 0. The Hall–Kier alpha value is -0.380. The summed E-state index contributed by atoms with van der Waals surface area (Å²) in [5, 5.41) is 33.9. The Morgan fingerprint density at radius 2 is 1.48 bits per heavy atom. The molecule has 5 aliphatic rings. The quantitative estimate of drug-likeness (QED) is 0.392. The van der Waals surface area contributed by atoms with Gasteiger partial charge < -0.3 is 15.3 Å². The summed E-state index contributed by atoms with van der Waals surface area (Å²) in [5.74, 6) is 2.29. The van der Waals surface area contributed by atoms with E-state index in [1.807, 2.05) is 0 Å². The summed E-state index contributed by atoms with van der Waals surface area (Å²) in [6.07, 6.45) is 8.52. The minimum atomic E-state index is -0.472. The van der Waals surface area contributed by atoms with Crippen molar-refractivity contribution >= 4 is 0 Å². The van der Waals surface area contributed by atoms with Crippen LogP contribution in [0.3, 0.4) is 0 Å². The summed E-state index contributed by atoms with van der Waals surface area (Å²) in [4.78, 5) is 0. The molecule has 3 N–H and O–H groups in total. The van der Waals surface area contributed by atoms with E-state index in [4.69, 9.17) is 0 Å². The van der Waals surface area contributed by atoms with E-state index in [0.717, 1.165) is 32.1 Å². The Bertz CT molecular complexity index is 847. The fourth-order valence-corrected chi connectivity index (χ4v) is 10.9. The predicted molar refractivity (Wildman–Crippen MR) is 133 cm³/mol. The fourth-order valence-electron chi connectivity index (χ4n) is 10.9. The van der Waals surface area contributed by atoms with Gasteiger partial charge in [-0.1, -0.05) is 67.0 Å². The van der Waals surface area contributed by atoms with E-state index in [9.17, 15) is 15.3 Å². The molecule has 0 aromatic heterocycles. The molecule has 3 heteroatoms. The van der Waals surface area contributed by atoms with Gasteiger partial charge in [0.1, 0.15) is 0 Å². The summed E-state index contributed by atoms with van der Waals surface area (Å²) in [5.41, 5.74) is 1.38. The van der Waals surface area contributed by atoms with Gasteiger partial charge >= 0.3 is 0 Å². The molecule has 188 valence electrons. The lowest BCUT2D eigenvalue weighted by molar-refractivity contribution is -0.227. The Balaban J connectivity index is 1.63. The van der Waals surface area contributed by atoms with Crippen molar-refractivity contribution in [2.24, 2.45) is 56.7 Å². The Kier molecular flexibility index (Phi) is 5.23. The predicted octanol–water partition coefficient (Wildman–Crippen LogP) is 5.97. The average molecular weight is 459 g/mol. The molecular formula is C30H50O3. The molecular weight excluding hydrogens is 408 g/mol. The van der Waals surface area contributed by atoms with Gasteiger partial charge in [0.05, 0.1) is 18.3 Å². The van der Waals surface area contributed by atoms with Crippen LogP contribution in [0.1, 0.15) is 100 Å². The van der Waals surface area contributed by atoms with Crippen LogP contribution in [0.2, 0.25) is 0 Å². The van der Waals surface area contributed by atoms with Crippen LogP contribution < -0.4 is 0 Å². The molecule has 0 radical (unpaired) electrons.